The van der Waals surface area contributed by atoms with Crippen molar-refractivity contribution in [1.29, 1.82) is 0 Å². The SMILES string of the molecule is CCOC(=O)C1=C(C)N=c2s/c(=C\c3ccc(OC)cc3)c(=O)n2[C@H]1c1ccco1. The lowest BCUT2D eigenvalue weighted by Gasteiger charge is -2.22. The molecule has 0 fully saturated rings. The number of hydrogen-bond acceptors (Lipinski definition) is 7. The van der Waals surface area contributed by atoms with Gasteiger partial charge in [0.15, 0.2) is 4.80 Å². The molecule has 1 aliphatic rings. The van der Waals surface area contributed by atoms with E-state index in [1.807, 2.05) is 24.3 Å². The molecule has 30 heavy (non-hydrogen) atoms. The average Bonchev–Trinajstić information content (AvgIpc) is 3.37. The lowest BCUT2D eigenvalue weighted by molar-refractivity contribution is -0.139. The van der Waals surface area contributed by atoms with Crippen LogP contribution in [0.5, 0.6) is 5.75 Å². The Labute approximate surface area is 176 Å². The summed E-state index contributed by atoms with van der Waals surface area (Å²) in [6.07, 6.45) is 3.31. The number of aromatic nitrogens is 1. The number of ether oxygens (including phenoxy) is 2. The monoisotopic (exact) mass is 424 g/mol. The molecule has 0 bridgehead atoms. The maximum atomic E-state index is 13.3. The Morgan fingerprint density at radius 3 is 2.70 bits per heavy atom. The summed E-state index contributed by atoms with van der Waals surface area (Å²) in [4.78, 5) is 31.0. The number of benzene rings is 1. The Kier molecular flexibility index (Phi) is 5.41. The van der Waals surface area contributed by atoms with E-state index in [2.05, 4.69) is 4.99 Å². The third-order valence-corrected chi connectivity index (χ3v) is 5.73. The normalized spacial score (nSPS) is 16.2. The first-order valence-electron chi connectivity index (χ1n) is 9.40. The predicted molar refractivity (Wildman–Crippen MR) is 112 cm³/mol. The zero-order chi connectivity index (χ0) is 21.3. The number of fused-ring (bicyclic) bond motifs is 1. The molecule has 0 aliphatic carbocycles. The van der Waals surface area contributed by atoms with Crippen LogP contribution >= 0.6 is 11.3 Å². The first kappa shape index (κ1) is 19.9. The van der Waals surface area contributed by atoms with Gasteiger partial charge in [-0.3, -0.25) is 9.36 Å². The van der Waals surface area contributed by atoms with E-state index in [4.69, 9.17) is 13.9 Å². The minimum Gasteiger partial charge on any atom is -0.497 e. The molecule has 3 heterocycles. The van der Waals surface area contributed by atoms with Crippen molar-refractivity contribution in [2.45, 2.75) is 19.9 Å². The minimum atomic E-state index is -0.728. The standard InChI is InChI=1S/C22H20N2O5S/c1-4-28-21(26)18-13(2)23-22-24(19(18)16-6-5-11-29-16)20(25)17(30-22)12-14-7-9-15(27-3)10-8-14/h5-12,19H,4H2,1-3H3/b17-12-/t19-/m0/s1. The molecule has 0 amide bonds. The molecule has 0 saturated heterocycles. The lowest BCUT2D eigenvalue weighted by atomic mass is 10.0. The third-order valence-electron chi connectivity index (χ3n) is 4.74. The molecular formula is C22H20N2O5S. The highest BCUT2D eigenvalue weighted by atomic mass is 32.1. The summed E-state index contributed by atoms with van der Waals surface area (Å²) in [5, 5.41) is 0. The number of carbonyl (C=O) groups is 1. The molecule has 0 saturated carbocycles. The van der Waals surface area contributed by atoms with Crippen molar-refractivity contribution in [2.75, 3.05) is 13.7 Å². The zero-order valence-corrected chi connectivity index (χ0v) is 17.6. The van der Waals surface area contributed by atoms with Crippen molar-refractivity contribution in [3.05, 3.63) is 84.9 Å². The van der Waals surface area contributed by atoms with Gasteiger partial charge in [-0.15, -0.1) is 0 Å². The second-order valence-electron chi connectivity index (χ2n) is 6.59. The second-order valence-corrected chi connectivity index (χ2v) is 7.60. The minimum absolute atomic E-state index is 0.225. The summed E-state index contributed by atoms with van der Waals surface area (Å²) in [6.45, 7) is 3.70. The zero-order valence-electron chi connectivity index (χ0n) is 16.7. The fourth-order valence-corrected chi connectivity index (χ4v) is 4.41. The smallest absolute Gasteiger partial charge is 0.338 e. The summed E-state index contributed by atoms with van der Waals surface area (Å²) < 4.78 is 18.0. The molecule has 2 aromatic heterocycles. The van der Waals surface area contributed by atoms with Gasteiger partial charge in [-0.05, 0) is 49.8 Å². The van der Waals surface area contributed by atoms with Crippen LogP contribution in [0.1, 0.15) is 31.2 Å². The van der Waals surface area contributed by atoms with E-state index in [0.717, 1.165) is 11.3 Å². The molecule has 7 nitrogen and oxygen atoms in total. The number of methoxy groups -OCH3 is 1. The van der Waals surface area contributed by atoms with Gasteiger partial charge in [0.2, 0.25) is 0 Å². The van der Waals surface area contributed by atoms with Crippen molar-refractivity contribution in [1.82, 2.24) is 4.57 Å². The third kappa shape index (κ3) is 3.50. The first-order chi connectivity index (χ1) is 14.5. The Bertz CT molecular complexity index is 1280. The van der Waals surface area contributed by atoms with Gasteiger partial charge < -0.3 is 13.9 Å². The molecule has 8 heteroatoms. The van der Waals surface area contributed by atoms with Gasteiger partial charge in [0.25, 0.3) is 5.56 Å². The van der Waals surface area contributed by atoms with Crippen LogP contribution < -0.4 is 19.6 Å². The number of furan rings is 1. The number of hydrogen-bond donors (Lipinski definition) is 0. The molecule has 0 unspecified atom stereocenters. The highest BCUT2D eigenvalue weighted by molar-refractivity contribution is 7.07. The maximum absolute atomic E-state index is 13.3. The van der Waals surface area contributed by atoms with Gasteiger partial charge in [-0.1, -0.05) is 23.5 Å². The fourth-order valence-electron chi connectivity index (χ4n) is 3.36. The number of thiazole rings is 1. The van der Waals surface area contributed by atoms with Crippen LogP contribution in [0, 0.1) is 0 Å². The summed E-state index contributed by atoms with van der Waals surface area (Å²) in [6, 6.07) is 10.1. The van der Waals surface area contributed by atoms with E-state index in [9.17, 15) is 9.59 Å². The summed E-state index contributed by atoms with van der Waals surface area (Å²) in [5.74, 6) is 0.704. The topological polar surface area (TPSA) is 83.0 Å². The van der Waals surface area contributed by atoms with Crippen LogP contribution in [0.3, 0.4) is 0 Å². The van der Waals surface area contributed by atoms with Crippen molar-refractivity contribution >= 4 is 23.4 Å². The van der Waals surface area contributed by atoms with Gasteiger partial charge in [0.05, 0.1) is 35.8 Å². The van der Waals surface area contributed by atoms with Crippen LogP contribution in [0.25, 0.3) is 6.08 Å². The van der Waals surface area contributed by atoms with E-state index >= 15 is 0 Å². The quantitative estimate of drug-likeness (QED) is 0.588. The molecular weight excluding hydrogens is 404 g/mol. The van der Waals surface area contributed by atoms with Gasteiger partial charge in [0.1, 0.15) is 17.6 Å². The van der Waals surface area contributed by atoms with Gasteiger partial charge >= 0.3 is 5.97 Å². The molecule has 0 N–H and O–H groups in total. The fraction of sp³-hybridized carbons (Fsp3) is 0.227. The van der Waals surface area contributed by atoms with E-state index in [0.29, 0.717) is 26.4 Å². The van der Waals surface area contributed by atoms with E-state index in [-0.39, 0.29) is 12.2 Å². The molecule has 0 radical (unpaired) electrons. The second kappa shape index (κ2) is 8.16. The Hall–Kier alpha value is -3.39. The van der Waals surface area contributed by atoms with Crippen LogP contribution in [-0.2, 0) is 9.53 Å². The number of esters is 1. The van der Waals surface area contributed by atoms with Crippen molar-refractivity contribution in [2.24, 2.45) is 4.99 Å². The summed E-state index contributed by atoms with van der Waals surface area (Å²) >= 11 is 1.27. The van der Waals surface area contributed by atoms with Gasteiger partial charge in [-0.2, -0.15) is 0 Å². The number of carbonyl (C=O) groups excluding carboxylic acids is 1. The van der Waals surface area contributed by atoms with Crippen LogP contribution in [0.2, 0.25) is 0 Å². The molecule has 154 valence electrons. The van der Waals surface area contributed by atoms with Crippen molar-refractivity contribution < 1.29 is 18.7 Å². The predicted octanol–water partition coefficient (Wildman–Crippen LogP) is 2.40. The Morgan fingerprint density at radius 1 is 1.30 bits per heavy atom. The molecule has 0 spiro atoms. The van der Waals surface area contributed by atoms with Crippen molar-refractivity contribution in [3.63, 3.8) is 0 Å². The van der Waals surface area contributed by atoms with Gasteiger partial charge in [-0.25, -0.2) is 9.79 Å². The molecule has 1 aliphatic heterocycles. The molecule has 4 rings (SSSR count). The van der Waals surface area contributed by atoms with Gasteiger partial charge in [0, 0.05) is 0 Å². The van der Waals surface area contributed by atoms with Crippen LogP contribution in [-0.4, -0.2) is 24.3 Å². The van der Waals surface area contributed by atoms with Crippen LogP contribution in [0.15, 0.2) is 68.1 Å². The van der Waals surface area contributed by atoms with Crippen LogP contribution in [0.4, 0.5) is 0 Å². The summed E-state index contributed by atoms with van der Waals surface area (Å²) in [7, 11) is 1.60. The maximum Gasteiger partial charge on any atom is 0.338 e. The highest BCUT2D eigenvalue weighted by Crippen LogP contribution is 2.30. The summed E-state index contributed by atoms with van der Waals surface area (Å²) in [5.41, 5.74) is 1.42. The highest BCUT2D eigenvalue weighted by Gasteiger charge is 2.34. The Morgan fingerprint density at radius 2 is 2.07 bits per heavy atom. The number of allylic oxidation sites excluding steroid dienone is 1. The van der Waals surface area contributed by atoms with E-state index < -0.39 is 12.0 Å². The van der Waals surface area contributed by atoms with E-state index in [1.165, 1.54) is 22.2 Å². The first-order valence-corrected chi connectivity index (χ1v) is 10.2. The van der Waals surface area contributed by atoms with Crippen molar-refractivity contribution in [3.8, 4) is 5.75 Å². The number of rotatable bonds is 5. The average molecular weight is 424 g/mol. The van der Waals surface area contributed by atoms with E-state index in [1.54, 1.807) is 39.2 Å². The molecule has 1 aromatic carbocycles. The Balaban J connectivity index is 1.90. The number of nitrogens with zero attached hydrogens (tertiary/aromatic N) is 2. The lowest BCUT2D eigenvalue weighted by Crippen LogP contribution is -2.39. The largest absolute Gasteiger partial charge is 0.497 e. The molecule has 3 aromatic rings. The molecule has 1 atom stereocenters.